The molecule has 0 spiro atoms. The summed E-state index contributed by atoms with van der Waals surface area (Å²) in [5.41, 5.74) is 2.12. The molecule has 5 nitrogen and oxygen atoms in total. The number of anilines is 1. The Hall–Kier alpha value is -1.86. The molecular formula is C18H22N2O3S2. The van der Waals surface area contributed by atoms with Gasteiger partial charge in [-0.15, -0.1) is 11.3 Å². The predicted octanol–water partition coefficient (Wildman–Crippen LogP) is 3.91. The number of hydrogen-bond acceptors (Lipinski definition) is 4. The molecule has 1 saturated heterocycles. The molecule has 0 aliphatic carbocycles. The van der Waals surface area contributed by atoms with Gasteiger partial charge in [-0.25, -0.2) is 8.42 Å². The van der Waals surface area contributed by atoms with Gasteiger partial charge in [0.25, 0.3) is 15.9 Å². The Morgan fingerprint density at radius 3 is 2.40 bits per heavy atom. The van der Waals surface area contributed by atoms with Crippen molar-refractivity contribution in [3.63, 3.8) is 0 Å². The molecule has 0 saturated carbocycles. The quantitative estimate of drug-likeness (QED) is 0.858. The predicted molar refractivity (Wildman–Crippen MR) is 101 cm³/mol. The lowest BCUT2D eigenvalue weighted by Crippen LogP contribution is -2.27. The highest BCUT2D eigenvalue weighted by atomic mass is 32.2. The van der Waals surface area contributed by atoms with Crippen molar-refractivity contribution in [2.75, 3.05) is 17.8 Å². The summed E-state index contributed by atoms with van der Waals surface area (Å²) < 4.78 is 27.8. The average molecular weight is 379 g/mol. The van der Waals surface area contributed by atoms with E-state index in [4.69, 9.17) is 0 Å². The van der Waals surface area contributed by atoms with Crippen LogP contribution in [0.4, 0.5) is 5.69 Å². The Balaban J connectivity index is 1.75. The lowest BCUT2D eigenvalue weighted by atomic mass is 10.0. The van der Waals surface area contributed by atoms with Crippen LogP contribution in [0.3, 0.4) is 0 Å². The smallest absolute Gasteiger partial charge is 0.271 e. The van der Waals surface area contributed by atoms with Crippen molar-refractivity contribution in [1.29, 1.82) is 0 Å². The summed E-state index contributed by atoms with van der Waals surface area (Å²) >= 11 is 1.07. The summed E-state index contributed by atoms with van der Waals surface area (Å²) in [6.07, 6.45) is 2.02. The minimum absolute atomic E-state index is 0.0866. The molecule has 1 aromatic heterocycles. The van der Waals surface area contributed by atoms with Gasteiger partial charge in [0.1, 0.15) is 4.21 Å². The normalized spacial score (nSPS) is 14.9. The SMILES string of the molecule is CC(C)c1ccc(NS(=O)(=O)c2cc(C(=O)N3CCCC3)cs2)cc1. The highest BCUT2D eigenvalue weighted by Gasteiger charge is 2.23. The molecule has 1 aromatic carbocycles. The fourth-order valence-corrected chi connectivity index (χ4v) is 5.03. The first-order valence-electron chi connectivity index (χ1n) is 8.37. The number of rotatable bonds is 5. The van der Waals surface area contributed by atoms with Gasteiger partial charge in [0.05, 0.1) is 5.56 Å². The van der Waals surface area contributed by atoms with E-state index in [0.29, 0.717) is 17.2 Å². The van der Waals surface area contributed by atoms with Crippen LogP contribution in [0.2, 0.25) is 0 Å². The zero-order chi connectivity index (χ0) is 18.0. The van der Waals surface area contributed by atoms with E-state index in [-0.39, 0.29) is 10.1 Å². The van der Waals surface area contributed by atoms with Crippen LogP contribution in [0.15, 0.2) is 39.9 Å². The lowest BCUT2D eigenvalue weighted by Gasteiger charge is -2.13. The number of nitrogens with zero attached hydrogens (tertiary/aromatic N) is 1. The van der Waals surface area contributed by atoms with Crippen molar-refractivity contribution in [1.82, 2.24) is 4.90 Å². The van der Waals surface area contributed by atoms with Gasteiger partial charge >= 0.3 is 0 Å². The first-order valence-corrected chi connectivity index (χ1v) is 10.7. The summed E-state index contributed by atoms with van der Waals surface area (Å²) in [6.45, 7) is 5.67. The van der Waals surface area contributed by atoms with Gasteiger partial charge in [-0.2, -0.15) is 0 Å². The fraction of sp³-hybridized carbons (Fsp3) is 0.389. The summed E-state index contributed by atoms with van der Waals surface area (Å²) in [6, 6.07) is 8.82. The van der Waals surface area contributed by atoms with Crippen LogP contribution in [-0.4, -0.2) is 32.3 Å². The second-order valence-corrected chi connectivity index (χ2v) is 9.36. The Morgan fingerprint density at radius 1 is 1.16 bits per heavy atom. The summed E-state index contributed by atoms with van der Waals surface area (Å²) in [5, 5.41) is 1.62. The van der Waals surface area contributed by atoms with Gasteiger partial charge in [0.15, 0.2) is 0 Å². The van der Waals surface area contributed by atoms with E-state index in [0.717, 1.165) is 42.8 Å². The number of hydrogen-bond donors (Lipinski definition) is 1. The summed E-state index contributed by atoms with van der Waals surface area (Å²) in [7, 11) is -3.68. The van der Waals surface area contributed by atoms with Crippen molar-refractivity contribution in [3.05, 3.63) is 46.8 Å². The highest BCUT2D eigenvalue weighted by molar-refractivity contribution is 7.94. The molecule has 0 atom stereocenters. The Bertz CT molecular complexity index is 849. The molecule has 25 heavy (non-hydrogen) atoms. The third-order valence-corrected chi connectivity index (χ3v) is 7.13. The number of benzene rings is 1. The number of thiophene rings is 1. The maximum atomic E-state index is 12.6. The van der Waals surface area contributed by atoms with Crippen LogP contribution < -0.4 is 4.72 Å². The van der Waals surface area contributed by atoms with Crippen LogP contribution in [0, 0.1) is 0 Å². The first-order chi connectivity index (χ1) is 11.9. The molecule has 1 aliphatic rings. The van der Waals surface area contributed by atoms with E-state index in [1.54, 1.807) is 22.4 Å². The molecule has 1 aliphatic heterocycles. The number of nitrogens with one attached hydrogen (secondary N) is 1. The van der Waals surface area contributed by atoms with Gasteiger partial charge < -0.3 is 4.90 Å². The minimum Gasteiger partial charge on any atom is -0.339 e. The molecule has 3 rings (SSSR count). The number of carbonyl (C=O) groups is 1. The zero-order valence-electron chi connectivity index (χ0n) is 14.4. The Morgan fingerprint density at radius 2 is 1.80 bits per heavy atom. The zero-order valence-corrected chi connectivity index (χ0v) is 16.0. The van der Waals surface area contributed by atoms with E-state index < -0.39 is 10.0 Å². The van der Waals surface area contributed by atoms with Crippen LogP contribution >= 0.6 is 11.3 Å². The van der Waals surface area contributed by atoms with Crippen molar-refractivity contribution in [2.45, 2.75) is 36.8 Å². The van der Waals surface area contributed by atoms with Gasteiger partial charge in [0.2, 0.25) is 0 Å². The molecule has 2 heterocycles. The van der Waals surface area contributed by atoms with Crippen LogP contribution in [0.25, 0.3) is 0 Å². The van der Waals surface area contributed by atoms with Gasteiger partial charge in [-0.05, 0) is 42.5 Å². The lowest BCUT2D eigenvalue weighted by molar-refractivity contribution is 0.0793. The summed E-state index contributed by atoms with van der Waals surface area (Å²) in [5.74, 6) is 0.304. The number of likely N-dealkylation sites (tertiary alicyclic amines) is 1. The Labute approximate surface area is 152 Å². The molecule has 1 fully saturated rings. The maximum Gasteiger partial charge on any atom is 0.271 e. The van der Waals surface area contributed by atoms with E-state index >= 15 is 0 Å². The largest absolute Gasteiger partial charge is 0.339 e. The van der Waals surface area contributed by atoms with E-state index in [1.165, 1.54) is 6.07 Å². The van der Waals surface area contributed by atoms with Gasteiger partial charge in [-0.1, -0.05) is 26.0 Å². The fourth-order valence-electron chi connectivity index (χ4n) is 2.81. The molecule has 0 radical (unpaired) electrons. The molecule has 0 unspecified atom stereocenters. The minimum atomic E-state index is -3.68. The standard InChI is InChI=1S/C18H22N2O3S2/c1-13(2)14-5-7-16(8-6-14)19-25(22,23)17-11-15(12-24-17)18(21)20-9-3-4-10-20/h5-8,11-13,19H,3-4,9-10H2,1-2H3. The number of sulfonamides is 1. The second-order valence-electron chi connectivity index (χ2n) is 6.54. The Kier molecular flexibility index (Phi) is 5.15. The number of carbonyl (C=O) groups excluding carboxylic acids is 1. The maximum absolute atomic E-state index is 12.6. The average Bonchev–Trinajstić information content (AvgIpc) is 3.26. The molecule has 1 amide bonds. The van der Waals surface area contributed by atoms with E-state index in [2.05, 4.69) is 18.6 Å². The molecule has 7 heteroatoms. The van der Waals surface area contributed by atoms with Crippen LogP contribution in [0.1, 0.15) is 48.5 Å². The number of amides is 1. The van der Waals surface area contributed by atoms with E-state index in [9.17, 15) is 13.2 Å². The van der Waals surface area contributed by atoms with Crippen molar-refractivity contribution >= 4 is 33.0 Å². The van der Waals surface area contributed by atoms with Gasteiger partial charge in [-0.3, -0.25) is 9.52 Å². The first kappa shape index (κ1) is 17.9. The summed E-state index contributed by atoms with van der Waals surface area (Å²) in [4.78, 5) is 14.1. The third-order valence-electron chi connectivity index (χ3n) is 4.31. The second kappa shape index (κ2) is 7.17. The third kappa shape index (κ3) is 4.04. The van der Waals surface area contributed by atoms with Crippen molar-refractivity contribution in [3.8, 4) is 0 Å². The van der Waals surface area contributed by atoms with Gasteiger partial charge in [0, 0.05) is 24.2 Å². The van der Waals surface area contributed by atoms with E-state index in [1.807, 2.05) is 12.1 Å². The van der Waals surface area contributed by atoms with Crippen LogP contribution in [0.5, 0.6) is 0 Å². The molecule has 0 bridgehead atoms. The molecule has 1 N–H and O–H groups in total. The highest BCUT2D eigenvalue weighted by Crippen LogP contribution is 2.25. The molecular weight excluding hydrogens is 356 g/mol. The van der Waals surface area contributed by atoms with Crippen molar-refractivity contribution < 1.29 is 13.2 Å². The van der Waals surface area contributed by atoms with Crippen LogP contribution in [-0.2, 0) is 10.0 Å². The molecule has 2 aromatic rings. The molecule has 134 valence electrons. The topological polar surface area (TPSA) is 66.5 Å². The monoisotopic (exact) mass is 378 g/mol. The van der Waals surface area contributed by atoms with Crippen molar-refractivity contribution in [2.24, 2.45) is 0 Å².